The summed E-state index contributed by atoms with van der Waals surface area (Å²) in [7, 11) is 0. The minimum atomic E-state index is -0.969. The summed E-state index contributed by atoms with van der Waals surface area (Å²) in [5, 5.41) is 2.56. The van der Waals surface area contributed by atoms with Gasteiger partial charge >= 0.3 is 18.0 Å². The SMILES string of the molecule is CCCCOC(=O)[C@@H](CCC(=O)c1cc2nccc(C)c2s1)NC(=O)OCc1ccccc1.CCCCOC(=O)[C@H](N)CCC(=O)c1cc2nccc(C)c2s1. The van der Waals surface area contributed by atoms with Gasteiger partial charge in [0, 0.05) is 25.2 Å². The van der Waals surface area contributed by atoms with Crippen molar-refractivity contribution in [2.75, 3.05) is 13.2 Å². The number of unbranched alkanes of at least 4 members (excludes halogenated alkanes) is 2. The summed E-state index contributed by atoms with van der Waals surface area (Å²) in [4.78, 5) is 71.4. The van der Waals surface area contributed by atoms with Gasteiger partial charge in [-0.1, -0.05) is 57.0 Å². The van der Waals surface area contributed by atoms with Crippen LogP contribution in [0, 0.1) is 13.8 Å². The van der Waals surface area contributed by atoms with E-state index >= 15 is 0 Å². The van der Waals surface area contributed by atoms with E-state index in [9.17, 15) is 24.0 Å². The number of esters is 2. The lowest BCUT2D eigenvalue weighted by molar-refractivity contribution is -0.146. The van der Waals surface area contributed by atoms with Crippen LogP contribution in [0.2, 0.25) is 0 Å². The maximum absolute atomic E-state index is 12.8. The standard InChI is InChI=1S/C25H28N2O5S.C17H22N2O3S/c1-3-4-14-31-24(29)19(27-25(30)32-16-18-8-6-5-7-9-18)10-11-21(28)22-15-20-23(33-22)17(2)12-13-26-20;1-3-4-9-22-17(21)12(18)5-6-14(20)15-10-13-16(23-15)11(2)7-8-19-13/h5-9,12-13,15,19H,3-4,10-11,14,16H2,1-2H3,(H,27,30);7-8,10,12H,3-6,9,18H2,1-2H3/t19-;12-/m11/s1. The van der Waals surface area contributed by atoms with Crippen LogP contribution in [0.15, 0.2) is 67.0 Å². The number of carbonyl (C=O) groups excluding carboxylic acids is 5. The Labute approximate surface area is 335 Å². The number of ether oxygens (including phenoxy) is 3. The lowest BCUT2D eigenvalue weighted by atomic mass is 10.1. The second kappa shape index (κ2) is 22.5. The Balaban J connectivity index is 0.000000265. The van der Waals surface area contributed by atoms with E-state index in [0.717, 1.165) is 62.8 Å². The molecule has 0 saturated carbocycles. The molecule has 1 aromatic carbocycles. The average Bonchev–Trinajstić information content (AvgIpc) is 3.85. The van der Waals surface area contributed by atoms with E-state index in [-0.39, 0.29) is 44.0 Å². The van der Waals surface area contributed by atoms with Gasteiger partial charge in [0.25, 0.3) is 0 Å². The monoisotopic (exact) mass is 802 g/mol. The van der Waals surface area contributed by atoms with E-state index in [2.05, 4.69) is 15.3 Å². The van der Waals surface area contributed by atoms with Gasteiger partial charge in [0.2, 0.25) is 0 Å². The Morgan fingerprint density at radius 1 is 0.714 bits per heavy atom. The zero-order valence-electron chi connectivity index (χ0n) is 32.3. The molecule has 4 aromatic heterocycles. The summed E-state index contributed by atoms with van der Waals surface area (Å²) in [6.07, 6.45) is 6.83. The fourth-order valence-electron chi connectivity index (χ4n) is 5.33. The summed E-state index contributed by atoms with van der Waals surface area (Å²) in [5.41, 5.74) is 10.4. The van der Waals surface area contributed by atoms with Crippen molar-refractivity contribution >= 4 is 72.7 Å². The zero-order valence-corrected chi connectivity index (χ0v) is 34.0. The third-order valence-electron chi connectivity index (χ3n) is 8.69. The highest BCUT2D eigenvalue weighted by atomic mass is 32.1. The maximum atomic E-state index is 12.8. The molecule has 0 aliphatic carbocycles. The number of carbonyl (C=O) groups is 5. The fraction of sp³-hybridized carbons (Fsp3) is 0.405. The van der Waals surface area contributed by atoms with Gasteiger partial charge in [-0.3, -0.25) is 24.4 Å². The number of nitrogens with two attached hydrogens (primary N) is 1. The molecule has 56 heavy (non-hydrogen) atoms. The number of hydrogen-bond donors (Lipinski definition) is 2. The lowest BCUT2D eigenvalue weighted by Gasteiger charge is -2.17. The van der Waals surface area contributed by atoms with Crippen molar-refractivity contribution in [2.45, 2.75) is 97.8 Å². The number of thiophene rings is 2. The van der Waals surface area contributed by atoms with Crippen LogP contribution in [0.4, 0.5) is 4.79 Å². The number of fused-ring (bicyclic) bond motifs is 2. The van der Waals surface area contributed by atoms with Crippen molar-refractivity contribution in [3.8, 4) is 0 Å². The molecular weight excluding hydrogens is 753 g/mol. The summed E-state index contributed by atoms with van der Waals surface area (Å²) in [6.45, 7) is 8.72. The van der Waals surface area contributed by atoms with E-state index in [1.54, 1.807) is 24.5 Å². The van der Waals surface area contributed by atoms with Crippen LogP contribution in [-0.4, -0.2) is 64.9 Å². The number of nitrogens with one attached hydrogen (secondary N) is 1. The first-order valence-electron chi connectivity index (χ1n) is 18.8. The molecule has 0 saturated heterocycles. The Kier molecular flexibility index (Phi) is 17.5. The van der Waals surface area contributed by atoms with E-state index < -0.39 is 30.1 Å². The topological polar surface area (TPSA) is 177 Å². The second-order valence-electron chi connectivity index (χ2n) is 13.2. The number of Topliss-reactive ketones (excluding diaryl/α,β-unsaturated/α-hetero) is 2. The molecule has 14 heteroatoms. The van der Waals surface area contributed by atoms with Gasteiger partial charge in [-0.25, -0.2) is 9.59 Å². The van der Waals surface area contributed by atoms with Gasteiger partial charge in [-0.2, -0.15) is 0 Å². The highest BCUT2D eigenvalue weighted by Gasteiger charge is 2.25. The van der Waals surface area contributed by atoms with Crippen LogP contribution in [0.5, 0.6) is 0 Å². The molecule has 0 aliphatic heterocycles. The lowest BCUT2D eigenvalue weighted by Crippen LogP contribution is -2.42. The molecule has 3 N–H and O–H groups in total. The molecule has 5 aromatic rings. The molecule has 0 fully saturated rings. The van der Waals surface area contributed by atoms with Gasteiger partial charge in [0.1, 0.15) is 18.7 Å². The summed E-state index contributed by atoms with van der Waals surface area (Å²) in [5.74, 6) is -1.12. The third kappa shape index (κ3) is 13.3. The van der Waals surface area contributed by atoms with Crippen molar-refractivity contribution in [2.24, 2.45) is 5.73 Å². The number of ketones is 2. The number of aromatic nitrogens is 2. The predicted octanol–water partition coefficient (Wildman–Crippen LogP) is 8.44. The van der Waals surface area contributed by atoms with Crippen molar-refractivity contribution < 1.29 is 38.2 Å². The molecule has 5 rings (SSSR count). The van der Waals surface area contributed by atoms with Crippen LogP contribution < -0.4 is 11.1 Å². The maximum Gasteiger partial charge on any atom is 0.408 e. The fourth-order valence-corrected chi connectivity index (χ4v) is 7.43. The predicted molar refractivity (Wildman–Crippen MR) is 219 cm³/mol. The Bertz CT molecular complexity index is 2080. The van der Waals surface area contributed by atoms with Gasteiger partial charge in [0.15, 0.2) is 11.6 Å². The van der Waals surface area contributed by atoms with E-state index in [1.165, 1.54) is 22.7 Å². The number of pyridine rings is 2. The van der Waals surface area contributed by atoms with Crippen molar-refractivity contribution in [1.29, 1.82) is 0 Å². The number of benzene rings is 1. The summed E-state index contributed by atoms with van der Waals surface area (Å²) in [6, 6.07) is 14.9. The normalized spacial score (nSPS) is 11.9. The Morgan fingerprint density at radius 2 is 1.23 bits per heavy atom. The summed E-state index contributed by atoms with van der Waals surface area (Å²) < 4.78 is 17.6. The van der Waals surface area contributed by atoms with Gasteiger partial charge in [-0.15, -0.1) is 22.7 Å². The van der Waals surface area contributed by atoms with E-state index in [4.69, 9.17) is 19.9 Å². The van der Waals surface area contributed by atoms with Gasteiger partial charge in [-0.05, 0) is 80.5 Å². The smallest absolute Gasteiger partial charge is 0.408 e. The van der Waals surface area contributed by atoms with Gasteiger partial charge in [0.05, 0.1) is 43.4 Å². The third-order valence-corrected chi connectivity index (χ3v) is 11.3. The van der Waals surface area contributed by atoms with E-state index in [1.807, 2.05) is 70.2 Å². The molecule has 0 radical (unpaired) electrons. The molecule has 0 unspecified atom stereocenters. The first-order chi connectivity index (χ1) is 27.0. The number of hydrogen-bond acceptors (Lipinski definition) is 13. The van der Waals surface area contributed by atoms with Crippen LogP contribution in [0.25, 0.3) is 20.4 Å². The second-order valence-corrected chi connectivity index (χ2v) is 15.3. The van der Waals surface area contributed by atoms with Crippen LogP contribution in [-0.2, 0) is 30.4 Å². The quantitative estimate of drug-likeness (QED) is 0.0354. The molecule has 1 amide bonds. The zero-order chi connectivity index (χ0) is 40.5. The number of alkyl carbamates (subject to hydrolysis) is 1. The van der Waals surface area contributed by atoms with Crippen molar-refractivity contribution in [3.05, 3.63) is 93.4 Å². The molecule has 2 atom stereocenters. The largest absolute Gasteiger partial charge is 0.465 e. The minimum Gasteiger partial charge on any atom is -0.465 e. The molecule has 0 aliphatic rings. The Morgan fingerprint density at radius 3 is 1.75 bits per heavy atom. The molecular formula is C42H50N4O8S2. The Hall–Kier alpha value is -5.05. The average molecular weight is 803 g/mol. The molecule has 4 heterocycles. The molecule has 0 spiro atoms. The summed E-state index contributed by atoms with van der Waals surface area (Å²) >= 11 is 2.83. The van der Waals surface area contributed by atoms with Gasteiger partial charge < -0.3 is 25.3 Å². The first-order valence-corrected chi connectivity index (χ1v) is 20.5. The molecule has 298 valence electrons. The highest BCUT2D eigenvalue weighted by molar-refractivity contribution is 7.21. The highest BCUT2D eigenvalue weighted by Crippen LogP contribution is 2.29. The van der Waals surface area contributed by atoms with Crippen LogP contribution in [0.3, 0.4) is 0 Å². The number of rotatable bonds is 19. The van der Waals surface area contributed by atoms with Crippen molar-refractivity contribution in [1.82, 2.24) is 15.3 Å². The number of amides is 1. The van der Waals surface area contributed by atoms with Crippen LogP contribution in [0.1, 0.15) is 101 Å². The minimum absolute atomic E-state index is 0.00999. The molecule has 12 nitrogen and oxygen atoms in total. The first kappa shape index (κ1) is 43.7. The number of nitrogens with zero attached hydrogens (tertiary/aromatic N) is 2. The molecule has 0 bridgehead atoms. The number of aryl methyl sites for hydroxylation is 2. The van der Waals surface area contributed by atoms with Crippen molar-refractivity contribution in [3.63, 3.8) is 0 Å². The van der Waals surface area contributed by atoms with Crippen LogP contribution >= 0.6 is 22.7 Å². The van der Waals surface area contributed by atoms with E-state index in [0.29, 0.717) is 22.8 Å².